The fourth-order valence-electron chi connectivity index (χ4n) is 3.21. The number of hydrogen-bond donors (Lipinski definition) is 1. The first-order valence-corrected chi connectivity index (χ1v) is 8.20. The van der Waals surface area contributed by atoms with Crippen molar-refractivity contribution in [2.75, 3.05) is 33.7 Å². The number of rotatable bonds is 4. The largest absolute Gasteiger partial charge is 0.326 e. The SMILES string of the molecule is CC(C)c1ccc(CC(N)C2CN(C)CCCN2C)cc1. The summed E-state index contributed by atoms with van der Waals surface area (Å²) < 4.78 is 0. The number of nitrogens with zero attached hydrogens (tertiary/aromatic N) is 2. The van der Waals surface area contributed by atoms with E-state index in [1.165, 1.54) is 24.1 Å². The molecule has 2 atom stereocenters. The molecule has 21 heavy (non-hydrogen) atoms. The van der Waals surface area contributed by atoms with E-state index in [4.69, 9.17) is 5.73 Å². The van der Waals surface area contributed by atoms with E-state index >= 15 is 0 Å². The van der Waals surface area contributed by atoms with E-state index in [0.717, 1.165) is 19.5 Å². The maximum Gasteiger partial charge on any atom is 0.0374 e. The summed E-state index contributed by atoms with van der Waals surface area (Å²) in [5.41, 5.74) is 9.29. The van der Waals surface area contributed by atoms with Gasteiger partial charge in [0.2, 0.25) is 0 Å². The summed E-state index contributed by atoms with van der Waals surface area (Å²) in [6.45, 7) is 7.86. The highest BCUT2D eigenvalue weighted by molar-refractivity contribution is 5.25. The van der Waals surface area contributed by atoms with Crippen molar-refractivity contribution in [3.8, 4) is 0 Å². The van der Waals surface area contributed by atoms with Gasteiger partial charge in [0.15, 0.2) is 0 Å². The predicted molar refractivity (Wildman–Crippen MR) is 90.7 cm³/mol. The lowest BCUT2D eigenvalue weighted by molar-refractivity contribution is 0.195. The van der Waals surface area contributed by atoms with Crippen molar-refractivity contribution in [2.24, 2.45) is 5.73 Å². The summed E-state index contributed by atoms with van der Waals surface area (Å²) in [5.74, 6) is 0.592. The number of benzene rings is 1. The van der Waals surface area contributed by atoms with Gasteiger partial charge in [0, 0.05) is 18.6 Å². The van der Waals surface area contributed by atoms with Gasteiger partial charge in [-0.1, -0.05) is 38.1 Å². The molecule has 1 aliphatic rings. The van der Waals surface area contributed by atoms with Crippen LogP contribution < -0.4 is 5.73 Å². The zero-order valence-corrected chi connectivity index (χ0v) is 14.0. The predicted octanol–water partition coefficient (Wildman–Crippen LogP) is 2.32. The van der Waals surface area contributed by atoms with Gasteiger partial charge in [0.1, 0.15) is 0 Å². The molecule has 1 aliphatic heterocycles. The lowest BCUT2D eigenvalue weighted by atomic mass is 9.96. The Balaban J connectivity index is 2.00. The summed E-state index contributed by atoms with van der Waals surface area (Å²) in [6, 6.07) is 9.62. The van der Waals surface area contributed by atoms with Crippen LogP contribution in [-0.4, -0.2) is 55.6 Å². The molecular weight excluding hydrogens is 258 g/mol. The van der Waals surface area contributed by atoms with E-state index < -0.39 is 0 Å². The molecule has 0 amide bonds. The van der Waals surface area contributed by atoms with E-state index in [-0.39, 0.29) is 6.04 Å². The Labute approximate surface area is 130 Å². The van der Waals surface area contributed by atoms with Gasteiger partial charge in [-0.2, -0.15) is 0 Å². The molecule has 0 aliphatic carbocycles. The van der Waals surface area contributed by atoms with Crippen molar-refractivity contribution in [3.05, 3.63) is 35.4 Å². The summed E-state index contributed by atoms with van der Waals surface area (Å²) in [6.07, 6.45) is 2.19. The third kappa shape index (κ3) is 4.53. The van der Waals surface area contributed by atoms with E-state index in [9.17, 15) is 0 Å². The molecule has 1 aromatic rings. The molecule has 1 heterocycles. The number of hydrogen-bond acceptors (Lipinski definition) is 3. The Morgan fingerprint density at radius 1 is 1.14 bits per heavy atom. The monoisotopic (exact) mass is 289 g/mol. The van der Waals surface area contributed by atoms with Crippen molar-refractivity contribution in [3.63, 3.8) is 0 Å². The van der Waals surface area contributed by atoms with E-state index in [1.54, 1.807) is 0 Å². The molecule has 1 fully saturated rings. The van der Waals surface area contributed by atoms with Crippen LogP contribution in [0.5, 0.6) is 0 Å². The minimum atomic E-state index is 0.195. The van der Waals surface area contributed by atoms with E-state index in [0.29, 0.717) is 12.0 Å². The lowest BCUT2D eigenvalue weighted by Crippen LogP contribution is -2.51. The van der Waals surface area contributed by atoms with Crippen LogP contribution >= 0.6 is 0 Å². The average Bonchev–Trinajstić information content (AvgIpc) is 2.61. The van der Waals surface area contributed by atoms with Crippen LogP contribution in [0, 0.1) is 0 Å². The third-order valence-electron chi connectivity index (χ3n) is 4.73. The molecule has 3 heteroatoms. The van der Waals surface area contributed by atoms with E-state index in [1.807, 2.05) is 0 Å². The molecule has 0 aromatic heterocycles. The molecule has 2 N–H and O–H groups in total. The van der Waals surface area contributed by atoms with Crippen LogP contribution in [0.3, 0.4) is 0 Å². The highest BCUT2D eigenvalue weighted by atomic mass is 15.2. The van der Waals surface area contributed by atoms with Gasteiger partial charge in [0.05, 0.1) is 0 Å². The molecule has 118 valence electrons. The molecule has 1 aromatic carbocycles. The Morgan fingerprint density at radius 2 is 1.81 bits per heavy atom. The first kappa shape index (κ1) is 16.5. The summed E-state index contributed by atoms with van der Waals surface area (Å²) in [7, 11) is 4.42. The molecule has 0 spiro atoms. The van der Waals surface area contributed by atoms with Gasteiger partial charge in [-0.05, 0) is 57.1 Å². The van der Waals surface area contributed by atoms with Crippen molar-refractivity contribution in [1.82, 2.24) is 9.80 Å². The van der Waals surface area contributed by atoms with Crippen molar-refractivity contribution >= 4 is 0 Å². The molecular formula is C18H31N3. The zero-order valence-electron chi connectivity index (χ0n) is 14.0. The summed E-state index contributed by atoms with van der Waals surface area (Å²) >= 11 is 0. The molecule has 0 saturated carbocycles. The second-order valence-corrected chi connectivity index (χ2v) is 6.93. The maximum atomic E-state index is 6.53. The van der Waals surface area contributed by atoms with Crippen LogP contribution in [-0.2, 0) is 6.42 Å². The first-order valence-electron chi connectivity index (χ1n) is 8.20. The normalized spacial score (nSPS) is 23.2. The highest BCUT2D eigenvalue weighted by Crippen LogP contribution is 2.17. The Kier molecular flexibility index (Phi) is 5.80. The smallest absolute Gasteiger partial charge is 0.0374 e. The first-order chi connectivity index (χ1) is 9.97. The second kappa shape index (κ2) is 7.39. The van der Waals surface area contributed by atoms with E-state index in [2.05, 4.69) is 62.0 Å². The van der Waals surface area contributed by atoms with Gasteiger partial charge in [0.25, 0.3) is 0 Å². The quantitative estimate of drug-likeness (QED) is 0.923. The maximum absolute atomic E-state index is 6.53. The highest BCUT2D eigenvalue weighted by Gasteiger charge is 2.26. The van der Waals surface area contributed by atoms with Crippen molar-refractivity contribution < 1.29 is 0 Å². The summed E-state index contributed by atoms with van der Waals surface area (Å²) in [4.78, 5) is 4.85. The van der Waals surface area contributed by atoms with Gasteiger partial charge >= 0.3 is 0 Å². The topological polar surface area (TPSA) is 32.5 Å². The van der Waals surface area contributed by atoms with Crippen LogP contribution in [0.2, 0.25) is 0 Å². The Morgan fingerprint density at radius 3 is 2.43 bits per heavy atom. The van der Waals surface area contributed by atoms with Gasteiger partial charge < -0.3 is 15.5 Å². The van der Waals surface area contributed by atoms with Crippen LogP contribution in [0.1, 0.15) is 37.3 Å². The summed E-state index contributed by atoms with van der Waals surface area (Å²) in [5, 5.41) is 0. The van der Waals surface area contributed by atoms with Crippen molar-refractivity contribution in [2.45, 2.75) is 44.7 Å². The third-order valence-corrected chi connectivity index (χ3v) is 4.73. The van der Waals surface area contributed by atoms with Crippen LogP contribution in [0.25, 0.3) is 0 Å². The van der Waals surface area contributed by atoms with Gasteiger partial charge in [-0.25, -0.2) is 0 Å². The van der Waals surface area contributed by atoms with Gasteiger partial charge in [-0.3, -0.25) is 0 Å². The fraction of sp³-hybridized carbons (Fsp3) is 0.667. The zero-order chi connectivity index (χ0) is 15.4. The van der Waals surface area contributed by atoms with Crippen LogP contribution in [0.15, 0.2) is 24.3 Å². The van der Waals surface area contributed by atoms with Crippen LogP contribution in [0.4, 0.5) is 0 Å². The second-order valence-electron chi connectivity index (χ2n) is 6.93. The molecule has 2 unspecified atom stereocenters. The number of likely N-dealkylation sites (N-methyl/N-ethyl adjacent to an activating group) is 2. The molecule has 2 rings (SSSR count). The molecule has 0 bridgehead atoms. The Bertz CT molecular complexity index is 427. The fourth-order valence-corrected chi connectivity index (χ4v) is 3.21. The Hall–Kier alpha value is -0.900. The van der Waals surface area contributed by atoms with Crippen molar-refractivity contribution in [1.29, 1.82) is 0 Å². The minimum absolute atomic E-state index is 0.195. The molecule has 1 saturated heterocycles. The average molecular weight is 289 g/mol. The minimum Gasteiger partial charge on any atom is -0.326 e. The molecule has 3 nitrogen and oxygen atoms in total. The van der Waals surface area contributed by atoms with Gasteiger partial charge in [-0.15, -0.1) is 0 Å². The standard InChI is InChI=1S/C18H31N3/c1-14(2)16-8-6-15(7-9-16)12-17(19)18-13-20(3)10-5-11-21(18)4/h6-9,14,17-18H,5,10-13,19H2,1-4H3. The lowest BCUT2D eigenvalue weighted by Gasteiger charge is -2.32. The molecule has 0 radical (unpaired) electrons. The number of nitrogens with two attached hydrogens (primary N) is 1.